The molecule has 2 heterocycles. The van der Waals surface area contributed by atoms with Gasteiger partial charge >= 0.3 is 0 Å². The number of hydrogen-bond donors (Lipinski definition) is 1. The fourth-order valence-corrected chi connectivity index (χ4v) is 3.29. The van der Waals surface area contributed by atoms with E-state index in [4.69, 9.17) is 0 Å². The number of nitrogens with one attached hydrogen (secondary N) is 1. The van der Waals surface area contributed by atoms with E-state index < -0.39 is 0 Å². The number of rotatable bonds is 7. The van der Waals surface area contributed by atoms with Gasteiger partial charge in [0.1, 0.15) is 5.82 Å². The highest BCUT2D eigenvalue weighted by Crippen LogP contribution is 2.29. The van der Waals surface area contributed by atoms with Gasteiger partial charge in [0, 0.05) is 54.9 Å². The quantitative estimate of drug-likeness (QED) is 0.652. The predicted octanol–water partition coefficient (Wildman–Crippen LogP) is 4.36. The molecule has 1 N–H and O–H groups in total. The number of carbonyl (C=O) groups excluding carboxylic acids is 1. The van der Waals surface area contributed by atoms with Crippen molar-refractivity contribution >= 4 is 17.4 Å². The number of hydrogen-bond acceptors (Lipinski definition) is 5. The van der Waals surface area contributed by atoms with E-state index in [1.54, 1.807) is 19.3 Å². The monoisotopic (exact) mass is 387 g/mol. The zero-order chi connectivity index (χ0) is 20.2. The van der Waals surface area contributed by atoms with Crippen molar-refractivity contribution in [3.63, 3.8) is 0 Å². The van der Waals surface area contributed by atoms with Gasteiger partial charge in [0.15, 0.2) is 5.82 Å². The molecule has 29 heavy (non-hydrogen) atoms. The van der Waals surface area contributed by atoms with Crippen molar-refractivity contribution in [3.8, 4) is 11.4 Å². The number of benzene rings is 1. The van der Waals surface area contributed by atoms with Gasteiger partial charge in [0.05, 0.1) is 0 Å². The third-order valence-electron chi connectivity index (χ3n) is 5.05. The summed E-state index contributed by atoms with van der Waals surface area (Å²) in [5.41, 5.74) is 4.01. The van der Waals surface area contributed by atoms with Crippen molar-refractivity contribution in [1.82, 2.24) is 19.9 Å². The second-order valence-corrected chi connectivity index (χ2v) is 7.36. The second-order valence-electron chi connectivity index (χ2n) is 7.36. The van der Waals surface area contributed by atoms with Gasteiger partial charge in [0.2, 0.25) is 5.91 Å². The van der Waals surface area contributed by atoms with Gasteiger partial charge < -0.3 is 10.2 Å². The van der Waals surface area contributed by atoms with E-state index in [1.165, 1.54) is 0 Å². The SMILES string of the molecule is CCc1cc(Nc2ccc(CN(C(C)=O)C3CC3)cc2)nc(-c2ccncc2)n1. The third-order valence-corrected chi connectivity index (χ3v) is 5.05. The predicted molar refractivity (Wildman–Crippen MR) is 114 cm³/mol. The molecule has 0 aliphatic heterocycles. The maximum atomic E-state index is 11.8. The molecular weight excluding hydrogens is 362 g/mol. The molecule has 1 amide bonds. The van der Waals surface area contributed by atoms with Crippen LogP contribution in [-0.4, -0.2) is 31.8 Å². The summed E-state index contributed by atoms with van der Waals surface area (Å²) < 4.78 is 0. The Kier molecular flexibility index (Phi) is 5.51. The lowest BCUT2D eigenvalue weighted by Crippen LogP contribution is -2.30. The van der Waals surface area contributed by atoms with Crippen molar-refractivity contribution in [3.05, 3.63) is 66.1 Å². The molecule has 1 saturated carbocycles. The first-order chi connectivity index (χ1) is 14.1. The standard InChI is InChI=1S/C23H25N5O/c1-3-19-14-22(27-23(26-19)18-10-12-24-13-11-18)25-20-6-4-17(5-7-20)15-28(16(2)29)21-8-9-21/h4-7,10-14,21H,3,8-9,15H2,1-2H3,(H,25,26,27). The van der Waals surface area contributed by atoms with Crippen LogP contribution in [0.2, 0.25) is 0 Å². The maximum Gasteiger partial charge on any atom is 0.219 e. The Labute approximate surface area is 171 Å². The molecule has 4 rings (SSSR count). The Bertz CT molecular complexity index is 984. The molecule has 1 aromatic carbocycles. The number of nitrogens with zero attached hydrogens (tertiary/aromatic N) is 4. The summed E-state index contributed by atoms with van der Waals surface area (Å²) in [7, 11) is 0. The Balaban J connectivity index is 1.51. The van der Waals surface area contributed by atoms with Crippen LogP contribution in [0.3, 0.4) is 0 Å². The van der Waals surface area contributed by atoms with E-state index in [2.05, 4.69) is 39.3 Å². The lowest BCUT2D eigenvalue weighted by atomic mass is 10.2. The molecule has 3 aromatic rings. The summed E-state index contributed by atoms with van der Waals surface area (Å²) in [5, 5.41) is 3.38. The van der Waals surface area contributed by atoms with E-state index in [1.807, 2.05) is 35.2 Å². The van der Waals surface area contributed by atoms with Crippen LogP contribution in [0.25, 0.3) is 11.4 Å². The first-order valence-corrected chi connectivity index (χ1v) is 10.0. The molecule has 0 unspecified atom stereocenters. The van der Waals surface area contributed by atoms with E-state index in [-0.39, 0.29) is 5.91 Å². The number of carbonyl (C=O) groups is 1. The van der Waals surface area contributed by atoms with Gasteiger partial charge in [-0.25, -0.2) is 9.97 Å². The van der Waals surface area contributed by atoms with Crippen molar-refractivity contribution < 1.29 is 4.79 Å². The molecule has 1 aliphatic carbocycles. The van der Waals surface area contributed by atoms with E-state index in [0.717, 1.165) is 47.6 Å². The number of pyridine rings is 1. The molecule has 1 fully saturated rings. The summed E-state index contributed by atoms with van der Waals surface area (Å²) in [6.45, 7) is 4.40. The van der Waals surface area contributed by atoms with Crippen LogP contribution < -0.4 is 5.32 Å². The van der Waals surface area contributed by atoms with Crippen molar-refractivity contribution in [2.24, 2.45) is 0 Å². The van der Waals surface area contributed by atoms with E-state index in [0.29, 0.717) is 18.4 Å². The maximum absolute atomic E-state index is 11.8. The molecule has 0 atom stereocenters. The van der Waals surface area contributed by atoms with Crippen LogP contribution in [0.5, 0.6) is 0 Å². The second kappa shape index (κ2) is 8.39. The highest BCUT2D eigenvalue weighted by Gasteiger charge is 2.30. The van der Waals surface area contributed by atoms with Crippen LogP contribution in [0.1, 0.15) is 37.9 Å². The van der Waals surface area contributed by atoms with Crippen molar-refractivity contribution in [1.29, 1.82) is 0 Å². The fourth-order valence-electron chi connectivity index (χ4n) is 3.29. The number of anilines is 2. The van der Waals surface area contributed by atoms with Gasteiger partial charge in [0.25, 0.3) is 0 Å². The lowest BCUT2D eigenvalue weighted by Gasteiger charge is -2.20. The molecule has 0 bridgehead atoms. The first-order valence-electron chi connectivity index (χ1n) is 10.0. The number of aryl methyl sites for hydroxylation is 1. The third kappa shape index (κ3) is 4.77. The Morgan fingerprint density at radius 3 is 2.45 bits per heavy atom. The largest absolute Gasteiger partial charge is 0.340 e. The average Bonchev–Trinajstić information content (AvgIpc) is 3.58. The van der Waals surface area contributed by atoms with Crippen molar-refractivity contribution in [2.45, 2.75) is 45.7 Å². The topological polar surface area (TPSA) is 71.0 Å². The molecular formula is C23H25N5O. The van der Waals surface area contributed by atoms with Gasteiger partial charge in [-0.3, -0.25) is 9.78 Å². The normalized spacial score (nSPS) is 13.2. The highest BCUT2D eigenvalue weighted by molar-refractivity contribution is 5.74. The lowest BCUT2D eigenvalue weighted by molar-refractivity contribution is -0.130. The Morgan fingerprint density at radius 2 is 1.83 bits per heavy atom. The first kappa shape index (κ1) is 19.1. The Hall–Kier alpha value is -3.28. The minimum absolute atomic E-state index is 0.145. The number of amides is 1. The van der Waals surface area contributed by atoms with E-state index >= 15 is 0 Å². The molecule has 148 valence electrons. The van der Waals surface area contributed by atoms with Crippen LogP contribution in [-0.2, 0) is 17.8 Å². The van der Waals surface area contributed by atoms with Crippen LogP contribution in [0.15, 0.2) is 54.9 Å². The highest BCUT2D eigenvalue weighted by atomic mass is 16.2. The van der Waals surface area contributed by atoms with Crippen molar-refractivity contribution in [2.75, 3.05) is 5.32 Å². The minimum atomic E-state index is 0.145. The molecule has 0 spiro atoms. The molecule has 6 heteroatoms. The summed E-state index contributed by atoms with van der Waals surface area (Å²) in [4.78, 5) is 27.2. The molecule has 2 aromatic heterocycles. The smallest absolute Gasteiger partial charge is 0.219 e. The summed E-state index contributed by atoms with van der Waals surface area (Å²) in [5.74, 6) is 1.60. The minimum Gasteiger partial charge on any atom is -0.340 e. The summed E-state index contributed by atoms with van der Waals surface area (Å²) in [6, 6.07) is 14.4. The van der Waals surface area contributed by atoms with Crippen LogP contribution in [0, 0.1) is 0 Å². The summed E-state index contributed by atoms with van der Waals surface area (Å²) >= 11 is 0. The zero-order valence-corrected chi connectivity index (χ0v) is 16.8. The fraction of sp³-hybridized carbons (Fsp3) is 0.304. The van der Waals surface area contributed by atoms with Gasteiger partial charge in [-0.2, -0.15) is 0 Å². The van der Waals surface area contributed by atoms with Gasteiger partial charge in [-0.1, -0.05) is 19.1 Å². The zero-order valence-electron chi connectivity index (χ0n) is 16.8. The number of aromatic nitrogens is 3. The molecule has 0 saturated heterocycles. The van der Waals surface area contributed by atoms with Gasteiger partial charge in [-0.15, -0.1) is 0 Å². The molecule has 1 aliphatic rings. The van der Waals surface area contributed by atoms with Crippen LogP contribution >= 0.6 is 0 Å². The molecule has 6 nitrogen and oxygen atoms in total. The summed E-state index contributed by atoms with van der Waals surface area (Å²) in [6.07, 6.45) is 6.56. The van der Waals surface area contributed by atoms with Crippen LogP contribution in [0.4, 0.5) is 11.5 Å². The van der Waals surface area contributed by atoms with Gasteiger partial charge in [-0.05, 0) is 49.1 Å². The Morgan fingerprint density at radius 1 is 1.10 bits per heavy atom. The molecule has 0 radical (unpaired) electrons. The van der Waals surface area contributed by atoms with E-state index in [9.17, 15) is 4.79 Å². The average molecular weight is 387 g/mol.